The zero-order valence-corrected chi connectivity index (χ0v) is 10.9. The van der Waals surface area contributed by atoms with E-state index in [4.69, 9.17) is 0 Å². The summed E-state index contributed by atoms with van der Waals surface area (Å²) in [6.45, 7) is 8.52. The van der Waals surface area contributed by atoms with Crippen LogP contribution in [0.5, 0.6) is 0 Å². The molecule has 2 nitrogen and oxygen atoms in total. The first-order valence-electron chi connectivity index (χ1n) is 6.38. The predicted octanol–water partition coefficient (Wildman–Crippen LogP) is 2.10. The Morgan fingerprint density at radius 2 is 1.73 bits per heavy atom. The molecular weight excluding hydrogens is 184 g/mol. The van der Waals surface area contributed by atoms with Crippen LogP contribution in [-0.2, 0) is 0 Å². The molecule has 4 atom stereocenters. The number of rotatable bonds is 3. The molecule has 2 bridgehead atoms. The van der Waals surface area contributed by atoms with E-state index in [0.29, 0.717) is 10.8 Å². The van der Waals surface area contributed by atoms with Gasteiger partial charge < -0.3 is 5.32 Å². The molecule has 1 N–H and O–H groups in total. The van der Waals surface area contributed by atoms with Gasteiger partial charge in [-0.05, 0) is 38.8 Å². The summed E-state index contributed by atoms with van der Waals surface area (Å²) < 4.78 is 0. The average Bonchev–Trinajstić information content (AvgIpc) is 2.64. The van der Waals surface area contributed by atoms with Crippen LogP contribution in [0.4, 0.5) is 0 Å². The molecule has 0 aliphatic carbocycles. The van der Waals surface area contributed by atoms with Gasteiger partial charge in [-0.25, -0.2) is 0 Å². The Bertz CT molecular complexity index is 253. The van der Waals surface area contributed by atoms with Gasteiger partial charge in [0.25, 0.3) is 0 Å². The lowest BCUT2D eigenvalue weighted by atomic mass is 9.56. The number of nitrogens with zero attached hydrogens (tertiary/aromatic N) is 1. The lowest BCUT2D eigenvalue weighted by molar-refractivity contribution is 0.0485. The van der Waals surface area contributed by atoms with Crippen LogP contribution in [-0.4, -0.2) is 37.6 Å². The number of hydrogen-bond donors (Lipinski definition) is 1. The molecule has 0 aromatic heterocycles. The first kappa shape index (κ1) is 11.4. The molecule has 2 fully saturated rings. The summed E-state index contributed by atoms with van der Waals surface area (Å²) in [4.78, 5) is 2.65. The van der Waals surface area contributed by atoms with E-state index in [-0.39, 0.29) is 0 Å². The molecule has 2 aliphatic rings. The van der Waals surface area contributed by atoms with Crippen molar-refractivity contribution >= 4 is 0 Å². The van der Waals surface area contributed by atoms with Crippen molar-refractivity contribution in [3.63, 3.8) is 0 Å². The maximum absolute atomic E-state index is 3.42. The quantitative estimate of drug-likeness (QED) is 0.767. The van der Waals surface area contributed by atoms with Gasteiger partial charge in [-0.2, -0.15) is 0 Å². The summed E-state index contributed by atoms with van der Waals surface area (Å²) in [7, 11) is 4.42. The molecule has 0 saturated carbocycles. The van der Waals surface area contributed by atoms with Crippen LogP contribution >= 0.6 is 0 Å². The molecule has 0 aromatic rings. The van der Waals surface area contributed by atoms with E-state index in [1.165, 1.54) is 19.3 Å². The van der Waals surface area contributed by atoms with Crippen molar-refractivity contribution in [2.75, 3.05) is 20.6 Å². The number of fused-ring (bicyclic) bond motifs is 2. The molecule has 0 amide bonds. The van der Waals surface area contributed by atoms with Crippen LogP contribution in [0.1, 0.15) is 40.0 Å². The second-order valence-electron chi connectivity index (χ2n) is 5.99. The molecule has 0 aromatic carbocycles. The standard InChI is InChI=1S/C13H26N2/c1-6-12(2)10-7-8-11(15(10)5)13(12,3)9-14-4/h10-11,14H,6-9H2,1-5H3/t10-,11?,12+,13-/m0/s1. The Hall–Kier alpha value is -0.0800. The van der Waals surface area contributed by atoms with Gasteiger partial charge in [0.15, 0.2) is 0 Å². The maximum atomic E-state index is 3.42. The number of hydrogen-bond acceptors (Lipinski definition) is 2. The van der Waals surface area contributed by atoms with Crippen LogP contribution in [0.25, 0.3) is 0 Å². The van der Waals surface area contributed by atoms with Gasteiger partial charge in [-0.1, -0.05) is 20.8 Å². The van der Waals surface area contributed by atoms with E-state index in [1.807, 2.05) is 0 Å². The highest BCUT2D eigenvalue weighted by Gasteiger charge is 2.63. The van der Waals surface area contributed by atoms with E-state index in [0.717, 1.165) is 18.6 Å². The van der Waals surface area contributed by atoms with Crippen molar-refractivity contribution in [1.82, 2.24) is 10.2 Å². The molecule has 2 saturated heterocycles. The zero-order valence-electron chi connectivity index (χ0n) is 10.9. The molecule has 15 heavy (non-hydrogen) atoms. The summed E-state index contributed by atoms with van der Waals surface area (Å²) in [6.07, 6.45) is 4.11. The highest BCUT2D eigenvalue weighted by atomic mass is 15.3. The van der Waals surface area contributed by atoms with E-state index < -0.39 is 0 Å². The molecule has 2 rings (SSSR count). The molecule has 0 radical (unpaired) electrons. The first-order chi connectivity index (χ1) is 7.01. The third-order valence-electron chi connectivity index (χ3n) is 5.75. The molecule has 88 valence electrons. The fourth-order valence-electron chi connectivity index (χ4n) is 4.56. The van der Waals surface area contributed by atoms with Crippen molar-refractivity contribution in [2.45, 2.75) is 52.1 Å². The van der Waals surface area contributed by atoms with Gasteiger partial charge in [0.05, 0.1) is 0 Å². The van der Waals surface area contributed by atoms with E-state index >= 15 is 0 Å². The highest BCUT2D eigenvalue weighted by Crippen LogP contribution is 2.61. The van der Waals surface area contributed by atoms with Gasteiger partial charge >= 0.3 is 0 Å². The fraction of sp³-hybridized carbons (Fsp3) is 1.00. The van der Waals surface area contributed by atoms with E-state index in [1.54, 1.807) is 0 Å². The predicted molar refractivity (Wildman–Crippen MR) is 65.0 cm³/mol. The topological polar surface area (TPSA) is 15.3 Å². The Balaban J connectivity index is 2.36. The minimum Gasteiger partial charge on any atom is -0.319 e. The van der Waals surface area contributed by atoms with Gasteiger partial charge in [0, 0.05) is 24.0 Å². The monoisotopic (exact) mass is 210 g/mol. The Labute approximate surface area is 94.4 Å². The van der Waals surface area contributed by atoms with Crippen LogP contribution in [0, 0.1) is 10.8 Å². The van der Waals surface area contributed by atoms with Gasteiger partial charge in [0.2, 0.25) is 0 Å². The third kappa shape index (κ3) is 1.18. The maximum Gasteiger partial charge on any atom is 0.0168 e. The van der Waals surface area contributed by atoms with E-state index in [9.17, 15) is 0 Å². The molecular formula is C13H26N2. The van der Waals surface area contributed by atoms with Crippen molar-refractivity contribution in [3.8, 4) is 0 Å². The lowest BCUT2D eigenvalue weighted by Crippen LogP contribution is -2.51. The second kappa shape index (κ2) is 3.46. The lowest BCUT2D eigenvalue weighted by Gasteiger charge is -2.48. The summed E-state index contributed by atoms with van der Waals surface area (Å²) in [5.74, 6) is 0. The molecule has 2 aliphatic heterocycles. The largest absolute Gasteiger partial charge is 0.319 e. The van der Waals surface area contributed by atoms with Crippen molar-refractivity contribution in [3.05, 3.63) is 0 Å². The van der Waals surface area contributed by atoms with Crippen LogP contribution in [0.15, 0.2) is 0 Å². The minimum atomic E-state index is 0.453. The zero-order chi connectivity index (χ0) is 11.3. The minimum absolute atomic E-state index is 0.453. The van der Waals surface area contributed by atoms with Crippen LogP contribution < -0.4 is 5.32 Å². The summed E-state index contributed by atoms with van der Waals surface area (Å²) >= 11 is 0. The Kier molecular flexibility index (Phi) is 2.63. The fourth-order valence-corrected chi connectivity index (χ4v) is 4.56. The Morgan fingerprint density at radius 1 is 1.20 bits per heavy atom. The molecule has 2 heterocycles. The second-order valence-corrected chi connectivity index (χ2v) is 5.99. The van der Waals surface area contributed by atoms with Gasteiger partial charge in [-0.15, -0.1) is 0 Å². The summed E-state index contributed by atoms with van der Waals surface area (Å²) in [6, 6.07) is 1.60. The smallest absolute Gasteiger partial charge is 0.0168 e. The average molecular weight is 210 g/mol. The summed E-state index contributed by atoms with van der Waals surface area (Å²) in [5.41, 5.74) is 0.946. The van der Waals surface area contributed by atoms with Crippen molar-refractivity contribution < 1.29 is 0 Å². The third-order valence-corrected chi connectivity index (χ3v) is 5.75. The number of nitrogens with one attached hydrogen (secondary N) is 1. The van der Waals surface area contributed by atoms with E-state index in [2.05, 4.69) is 45.1 Å². The van der Waals surface area contributed by atoms with Gasteiger partial charge in [0.1, 0.15) is 0 Å². The SMILES string of the molecule is CC[C@]1(C)[C@@H]2CCC(N2C)[C@]1(C)CNC. The first-order valence-corrected chi connectivity index (χ1v) is 6.38. The van der Waals surface area contributed by atoms with Gasteiger partial charge in [-0.3, -0.25) is 4.90 Å². The van der Waals surface area contributed by atoms with Crippen molar-refractivity contribution in [1.29, 1.82) is 0 Å². The van der Waals surface area contributed by atoms with Crippen LogP contribution in [0.2, 0.25) is 0 Å². The molecule has 1 unspecified atom stereocenters. The normalized spacial score (nSPS) is 50.2. The Morgan fingerprint density at radius 3 is 2.20 bits per heavy atom. The highest BCUT2D eigenvalue weighted by molar-refractivity contribution is 5.17. The molecule has 0 spiro atoms. The van der Waals surface area contributed by atoms with Crippen LogP contribution in [0.3, 0.4) is 0 Å². The molecule has 2 heteroatoms. The summed E-state index contributed by atoms with van der Waals surface area (Å²) in [5, 5.41) is 3.42. The van der Waals surface area contributed by atoms with Crippen molar-refractivity contribution in [2.24, 2.45) is 10.8 Å².